The molecule has 3 rings (SSSR count). The summed E-state index contributed by atoms with van der Waals surface area (Å²) in [5, 5.41) is 6.85. The number of methoxy groups -OCH3 is 1. The molecule has 0 saturated carbocycles. The van der Waals surface area contributed by atoms with E-state index >= 15 is 0 Å². The van der Waals surface area contributed by atoms with E-state index in [1.54, 1.807) is 19.0 Å². The summed E-state index contributed by atoms with van der Waals surface area (Å²) in [6, 6.07) is 14.0. The highest BCUT2D eigenvalue weighted by molar-refractivity contribution is 6.04. The molecule has 3 aromatic rings. The number of anilines is 1. The first-order chi connectivity index (χ1) is 14.0. The molecule has 29 heavy (non-hydrogen) atoms. The Morgan fingerprint density at radius 2 is 2.00 bits per heavy atom. The number of ether oxygens (including phenoxy) is 1. The van der Waals surface area contributed by atoms with Crippen LogP contribution in [0.5, 0.6) is 5.75 Å². The third-order valence-electron chi connectivity index (χ3n) is 4.23. The lowest BCUT2D eigenvalue weighted by Gasteiger charge is -2.11. The van der Waals surface area contributed by atoms with E-state index < -0.39 is 5.82 Å². The minimum Gasteiger partial charge on any atom is -0.494 e. The Morgan fingerprint density at radius 3 is 2.69 bits per heavy atom. The van der Waals surface area contributed by atoms with Crippen LogP contribution in [0.2, 0.25) is 0 Å². The van der Waals surface area contributed by atoms with Crippen molar-refractivity contribution in [1.82, 2.24) is 10.5 Å². The van der Waals surface area contributed by atoms with E-state index in [-0.39, 0.29) is 23.0 Å². The largest absolute Gasteiger partial charge is 0.494 e. The van der Waals surface area contributed by atoms with Crippen LogP contribution in [-0.4, -0.2) is 38.8 Å². The van der Waals surface area contributed by atoms with Gasteiger partial charge in [-0.2, -0.15) is 0 Å². The van der Waals surface area contributed by atoms with Gasteiger partial charge in [0.25, 0.3) is 5.91 Å². The van der Waals surface area contributed by atoms with E-state index in [1.165, 1.54) is 25.3 Å². The molecule has 0 aliphatic heterocycles. The highest BCUT2D eigenvalue weighted by Gasteiger charge is 2.25. The Balaban J connectivity index is 1.84. The normalized spacial score (nSPS) is 10.9. The zero-order chi connectivity index (χ0) is 20.8. The maximum absolute atomic E-state index is 13.8. The van der Waals surface area contributed by atoms with Crippen molar-refractivity contribution in [2.24, 2.45) is 0 Å². The van der Waals surface area contributed by atoms with Crippen LogP contribution in [0.25, 0.3) is 17.4 Å². The Labute approximate surface area is 168 Å². The second-order valence-electron chi connectivity index (χ2n) is 6.48. The lowest BCUT2D eigenvalue weighted by atomic mass is 10.1. The summed E-state index contributed by atoms with van der Waals surface area (Å²) in [7, 11) is 4.90. The second-order valence-corrected chi connectivity index (χ2v) is 6.48. The van der Waals surface area contributed by atoms with Crippen molar-refractivity contribution in [3.8, 4) is 17.1 Å². The molecule has 0 bridgehead atoms. The zero-order valence-electron chi connectivity index (χ0n) is 16.5. The minimum absolute atomic E-state index is 0.0578. The fraction of sp³-hybridized carbons (Fsp3) is 0.182. The van der Waals surface area contributed by atoms with Gasteiger partial charge in [-0.1, -0.05) is 47.6 Å². The van der Waals surface area contributed by atoms with Crippen molar-refractivity contribution in [3.63, 3.8) is 0 Å². The Bertz CT molecular complexity index is 1010. The molecule has 7 heteroatoms. The molecule has 0 unspecified atom stereocenters. The van der Waals surface area contributed by atoms with Crippen LogP contribution < -0.4 is 15.0 Å². The number of aromatic nitrogens is 1. The predicted molar refractivity (Wildman–Crippen MR) is 111 cm³/mol. The lowest BCUT2D eigenvalue weighted by molar-refractivity contribution is 0.0958. The molecule has 6 nitrogen and oxygen atoms in total. The number of halogens is 1. The molecule has 1 N–H and O–H groups in total. The molecule has 1 amide bonds. The van der Waals surface area contributed by atoms with Gasteiger partial charge in [0.2, 0.25) is 0 Å². The molecule has 0 atom stereocenters. The first-order valence-electron chi connectivity index (χ1n) is 9.02. The summed E-state index contributed by atoms with van der Waals surface area (Å²) in [4.78, 5) is 14.6. The van der Waals surface area contributed by atoms with Gasteiger partial charge >= 0.3 is 0 Å². The van der Waals surface area contributed by atoms with Gasteiger partial charge in [0.05, 0.1) is 7.11 Å². The van der Waals surface area contributed by atoms with Gasteiger partial charge in [-0.15, -0.1) is 0 Å². The fourth-order valence-electron chi connectivity index (χ4n) is 2.79. The van der Waals surface area contributed by atoms with Gasteiger partial charge in [-0.25, -0.2) is 4.39 Å². The first kappa shape index (κ1) is 20.1. The molecule has 1 aromatic heterocycles. The smallest absolute Gasteiger partial charge is 0.259 e. The Hall–Kier alpha value is -3.61. The summed E-state index contributed by atoms with van der Waals surface area (Å²) in [6.45, 7) is 0.331. The molecular formula is C22H22FN3O3. The van der Waals surface area contributed by atoms with Crippen LogP contribution in [-0.2, 0) is 0 Å². The molecule has 0 saturated heterocycles. The number of rotatable bonds is 7. The Kier molecular flexibility index (Phi) is 6.29. The molecule has 1 heterocycles. The zero-order valence-corrected chi connectivity index (χ0v) is 16.5. The van der Waals surface area contributed by atoms with Gasteiger partial charge in [-0.3, -0.25) is 4.79 Å². The summed E-state index contributed by atoms with van der Waals surface area (Å²) in [6.07, 6.45) is 3.78. The number of carbonyl (C=O) groups is 1. The molecule has 150 valence electrons. The molecule has 0 aliphatic carbocycles. The van der Waals surface area contributed by atoms with Crippen LogP contribution in [0.3, 0.4) is 0 Å². The maximum Gasteiger partial charge on any atom is 0.259 e. The topological polar surface area (TPSA) is 67.6 Å². The lowest BCUT2D eigenvalue weighted by Crippen LogP contribution is -2.25. The maximum atomic E-state index is 13.8. The molecule has 0 aliphatic rings. The molecular weight excluding hydrogens is 373 g/mol. The van der Waals surface area contributed by atoms with Crippen molar-refractivity contribution in [3.05, 3.63) is 71.6 Å². The highest BCUT2D eigenvalue weighted by Crippen LogP contribution is 2.33. The number of nitrogens with zero attached hydrogens (tertiary/aromatic N) is 2. The standard InChI is InChI=1S/C22H22FN3O3/c1-26(2)21-19(22(27)24-13-7-10-15-8-5-4-6-9-15)20(29-25-21)16-11-12-17(23)18(14-16)28-3/h4-12,14H,13H2,1-3H3,(H,24,27). The van der Waals surface area contributed by atoms with Crippen molar-refractivity contribution in [1.29, 1.82) is 0 Å². The third-order valence-corrected chi connectivity index (χ3v) is 4.23. The van der Waals surface area contributed by atoms with E-state index in [9.17, 15) is 9.18 Å². The number of nitrogens with one attached hydrogen (secondary N) is 1. The predicted octanol–water partition coefficient (Wildman–Crippen LogP) is 4.00. The number of hydrogen-bond acceptors (Lipinski definition) is 5. The van der Waals surface area contributed by atoms with Crippen molar-refractivity contribution < 1.29 is 18.4 Å². The fourth-order valence-corrected chi connectivity index (χ4v) is 2.79. The van der Waals surface area contributed by atoms with E-state index in [1.807, 2.05) is 42.5 Å². The van der Waals surface area contributed by atoms with Crippen LogP contribution in [0.1, 0.15) is 15.9 Å². The average Bonchev–Trinajstić information content (AvgIpc) is 3.18. The van der Waals surface area contributed by atoms with Crippen molar-refractivity contribution in [2.75, 3.05) is 32.6 Å². The van der Waals surface area contributed by atoms with E-state index in [0.29, 0.717) is 17.9 Å². The van der Waals surface area contributed by atoms with Crippen LogP contribution >= 0.6 is 0 Å². The van der Waals surface area contributed by atoms with Crippen LogP contribution in [0.4, 0.5) is 10.2 Å². The summed E-state index contributed by atoms with van der Waals surface area (Å²) in [5.41, 5.74) is 1.81. The minimum atomic E-state index is -0.499. The van der Waals surface area contributed by atoms with Gasteiger partial charge in [0.1, 0.15) is 5.56 Å². The molecule has 2 aromatic carbocycles. The van der Waals surface area contributed by atoms with E-state index in [0.717, 1.165) is 5.56 Å². The average molecular weight is 395 g/mol. The molecule has 0 fully saturated rings. The van der Waals surface area contributed by atoms with Crippen molar-refractivity contribution in [2.45, 2.75) is 0 Å². The van der Waals surface area contributed by atoms with Gasteiger partial charge in [0, 0.05) is 26.2 Å². The summed E-state index contributed by atoms with van der Waals surface area (Å²) < 4.78 is 24.2. The number of benzene rings is 2. The number of amides is 1. The monoisotopic (exact) mass is 395 g/mol. The van der Waals surface area contributed by atoms with Crippen LogP contribution in [0, 0.1) is 5.82 Å². The van der Waals surface area contributed by atoms with Gasteiger partial charge in [0.15, 0.2) is 23.1 Å². The van der Waals surface area contributed by atoms with Crippen molar-refractivity contribution >= 4 is 17.8 Å². The summed E-state index contributed by atoms with van der Waals surface area (Å²) >= 11 is 0. The second kappa shape index (κ2) is 9.05. The van der Waals surface area contributed by atoms with Gasteiger partial charge in [-0.05, 0) is 23.8 Å². The SMILES string of the molecule is COc1cc(-c2onc(N(C)C)c2C(=O)NCC=Cc2ccccc2)ccc1F. The number of carbonyl (C=O) groups excluding carboxylic acids is 1. The first-order valence-corrected chi connectivity index (χ1v) is 9.02. The molecule has 0 spiro atoms. The van der Waals surface area contributed by atoms with Gasteiger partial charge < -0.3 is 19.5 Å². The third kappa shape index (κ3) is 4.63. The van der Waals surface area contributed by atoms with Crippen LogP contribution in [0.15, 0.2) is 59.1 Å². The Morgan fingerprint density at radius 1 is 1.24 bits per heavy atom. The number of hydrogen-bond donors (Lipinski definition) is 1. The van der Waals surface area contributed by atoms with E-state index in [4.69, 9.17) is 9.26 Å². The summed E-state index contributed by atoms with van der Waals surface area (Å²) in [5.74, 6) is -0.154. The quantitative estimate of drug-likeness (QED) is 0.655. The van der Waals surface area contributed by atoms with E-state index in [2.05, 4.69) is 10.5 Å². The highest BCUT2D eigenvalue weighted by atomic mass is 19.1. The molecule has 0 radical (unpaired) electrons.